The zero-order valence-corrected chi connectivity index (χ0v) is 12.5. The fourth-order valence-electron chi connectivity index (χ4n) is 2.91. The molecule has 0 aromatic heterocycles. The van der Waals surface area contributed by atoms with E-state index in [0.717, 1.165) is 44.6 Å². The molecule has 1 aromatic carbocycles. The molecule has 4 nitrogen and oxygen atoms in total. The molecule has 0 spiro atoms. The van der Waals surface area contributed by atoms with Gasteiger partial charge in [0, 0.05) is 18.8 Å². The van der Waals surface area contributed by atoms with Crippen molar-refractivity contribution in [3.05, 3.63) is 29.8 Å². The van der Waals surface area contributed by atoms with Crippen LogP contribution in [-0.2, 0) is 4.79 Å². The van der Waals surface area contributed by atoms with Gasteiger partial charge in [0.15, 0.2) is 0 Å². The Labute approximate surface area is 121 Å². The van der Waals surface area contributed by atoms with Crippen molar-refractivity contribution in [1.82, 2.24) is 4.90 Å². The first-order valence-electron chi connectivity index (χ1n) is 7.43. The first-order chi connectivity index (χ1) is 9.55. The van der Waals surface area contributed by atoms with Gasteiger partial charge in [0.2, 0.25) is 5.91 Å². The molecule has 0 radical (unpaired) electrons. The lowest BCUT2D eigenvalue weighted by Crippen LogP contribution is -2.57. The number of hydrogen-bond donors (Lipinski definition) is 2. The van der Waals surface area contributed by atoms with Crippen LogP contribution >= 0.6 is 0 Å². The predicted molar refractivity (Wildman–Crippen MR) is 82.7 cm³/mol. The highest BCUT2D eigenvalue weighted by Gasteiger charge is 2.39. The van der Waals surface area contributed by atoms with Gasteiger partial charge >= 0.3 is 0 Å². The zero-order chi connectivity index (χ0) is 14.6. The molecule has 0 atom stereocenters. The third-order valence-electron chi connectivity index (χ3n) is 4.12. The second-order valence-corrected chi connectivity index (χ2v) is 5.78. The van der Waals surface area contributed by atoms with Gasteiger partial charge in [0.25, 0.3) is 0 Å². The Kier molecular flexibility index (Phi) is 4.65. The Bertz CT molecular complexity index is 465. The van der Waals surface area contributed by atoms with Gasteiger partial charge in [-0.05, 0) is 50.4 Å². The highest BCUT2D eigenvalue weighted by atomic mass is 16.1. The van der Waals surface area contributed by atoms with E-state index in [1.54, 1.807) is 0 Å². The molecule has 20 heavy (non-hydrogen) atoms. The van der Waals surface area contributed by atoms with Crippen LogP contribution in [0.2, 0.25) is 0 Å². The number of aryl methyl sites for hydroxylation is 1. The molecule has 1 aliphatic rings. The highest BCUT2D eigenvalue weighted by Crippen LogP contribution is 2.27. The summed E-state index contributed by atoms with van der Waals surface area (Å²) in [5.74, 6) is -0.241. The monoisotopic (exact) mass is 275 g/mol. The molecule has 0 aliphatic carbocycles. The van der Waals surface area contributed by atoms with Crippen LogP contribution in [0.1, 0.15) is 31.7 Å². The van der Waals surface area contributed by atoms with Crippen molar-refractivity contribution in [3.63, 3.8) is 0 Å². The van der Waals surface area contributed by atoms with Gasteiger partial charge in [-0.15, -0.1) is 0 Å². The summed E-state index contributed by atoms with van der Waals surface area (Å²) < 4.78 is 0. The quantitative estimate of drug-likeness (QED) is 0.865. The number of amides is 1. The summed E-state index contributed by atoms with van der Waals surface area (Å²) in [6.45, 7) is 7.18. The lowest BCUT2D eigenvalue weighted by Gasteiger charge is -2.40. The summed E-state index contributed by atoms with van der Waals surface area (Å²) >= 11 is 0. The van der Waals surface area contributed by atoms with E-state index in [-0.39, 0.29) is 5.91 Å². The largest absolute Gasteiger partial charge is 0.371 e. The lowest BCUT2D eigenvalue weighted by molar-refractivity contribution is -0.123. The fourth-order valence-corrected chi connectivity index (χ4v) is 2.91. The first kappa shape index (κ1) is 14.9. The number of nitrogens with zero attached hydrogens (tertiary/aromatic N) is 1. The minimum absolute atomic E-state index is 0.241. The normalized spacial score (nSPS) is 18.7. The number of hydrogen-bond acceptors (Lipinski definition) is 3. The Hall–Kier alpha value is -1.55. The van der Waals surface area contributed by atoms with Crippen molar-refractivity contribution < 1.29 is 4.79 Å². The van der Waals surface area contributed by atoms with Crippen LogP contribution in [0, 0.1) is 6.92 Å². The fraction of sp³-hybridized carbons (Fsp3) is 0.562. The summed E-state index contributed by atoms with van der Waals surface area (Å²) in [6.07, 6.45) is 2.70. The molecule has 0 saturated carbocycles. The van der Waals surface area contributed by atoms with E-state index in [1.165, 1.54) is 5.56 Å². The van der Waals surface area contributed by atoms with Gasteiger partial charge in [-0.2, -0.15) is 0 Å². The molecule has 3 N–H and O–H groups in total. The van der Waals surface area contributed by atoms with E-state index < -0.39 is 5.54 Å². The lowest BCUT2D eigenvalue weighted by atomic mass is 9.86. The van der Waals surface area contributed by atoms with Crippen LogP contribution in [-0.4, -0.2) is 36.0 Å². The van der Waals surface area contributed by atoms with E-state index in [1.807, 2.05) is 25.1 Å². The van der Waals surface area contributed by atoms with Gasteiger partial charge in [-0.3, -0.25) is 4.79 Å². The molecule has 1 aromatic rings. The van der Waals surface area contributed by atoms with Crippen molar-refractivity contribution in [2.45, 2.75) is 38.6 Å². The Balaban J connectivity index is 2.10. The summed E-state index contributed by atoms with van der Waals surface area (Å²) in [7, 11) is 0. The maximum atomic E-state index is 12.0. The standard InChI is InChI=1S/C16H25N3O/c1-3-9-19-10-7-16(8-11-19,15(17)20)18-14-6-4-5-13(2)12-14/h4-6,12,18H,3,7-11H2,1-2H3,(H2,17,20). The highest BCUT2D eigenvalue weighted by molar-refractivity contribution is 5.88. The molecule has 0 bridgehead atoms. The van der Waals surface area contributed by atoms with Crippen LogP contribution in [0.25, 0.3) is 0 Å². The SMILES string of the molecule is CCCN1CCC(Nc2cccc(C)c2)(C(N)=O)CC1. The molecule has 110 valence electrons. The smallest absolute Gasteiger partial charge is 0.243 e. The van der Waals surface area contributed by atoms with Gasteiger partial charge in [-0.1, -0.05) is 19.1 Å². The van der Waals surface area contributed by atoms with E-state index in [9.17, 15) is 4.79 Å². The second kappa shape index (κ2) is 6.27. The molecule has 1 heterocycles. The van der Waals surface area contributed by atoms with Crippen molar-refractivity contribution in [2.24, 2.45) is 5.73 Å². The summed E-state index contributed by atoms with van der Waals surface area (Å²) in [5.41, 5.74) is 7.25. The van der Waals surface area contributed by atoms with Gasteiger partial charge < -0.3 is 16.0 Å². The Morgan fingerprint density at radius 1 is 1.40 bits per heavy atom. The Morgan fingerprint density at radius 2 is 2.10 bits per heavy atom. The maximum absolute atomic E-state index is 12.0. The number of nitrogens with one attached hydrogen (secondary N) is 1. The van der Waals surface area contributed by atoms with Crippen molar-refractivity contribution in [2.75, 3.05) is 25.0 Å². The number of carbonyl (C=O) groups excluding carboxylic acids is 1. The van der Waals surface area contributed by atoms with Gasteiger partial charge in [-0.25, -0.2) is 0 Å². The summed E-state index contributed by atoms with van der Waals surface area (Å²) in [4.78, 5) is 14.4. The molecule has 1 aliphatic heterocycles. The average Bonchev–Trinajstić information content (AvgIpc) is 2.41. The molecule has 1 amide bonds. The molecule has 4 heteroatoms. The number of carbonyl (C=O) groups is 1. The average molecular weight is 275 g/mol. The number of piperidine rings is 1. The van der Waals surface area contributed by atoms with Crippen molar-refractivity contribution >= 4 is 11.6 Å². The molecule has 1 fully saturated rings. The van der Waals surface area contributed by atoms with Crippen LogP contribution in [0.15, 0.2) is 24.3 Å². The molecular weight excluding hydrogens is 250 g/mol. The number of likely N-dealkylation sites (tertiary alicyclic amines) is 1. The van der Waals surface area contributed by atoms with Crippen LogP contribution in [0.5, 0.6) is 0 Å². The molecule has 0 unspecified atom stereocenters. The topological polar surface area (TPSA) is 58.4 Å². The van der Waals surface area contributed by atoms with Crippen LogP contribution in [0.4, 0.5) is 5.69 Å². The third kappa shape index (κ3) is 3.31. The van der Waals surface area contributed by atoms with Crippen molar-refractivity contribution in [1.29, 1.82) is 0 Å². The number of rotatable bonds is 5. The summed E-state index contributed by atoms with van der Waals surface area (Å²) in [6, 6.07) is 8.10. The van der Waals surface area contributed by atoms with Crippen LogP contribution < -0.4 is 11.1 Å². The molecule has 2 rings (SSSR count). The number of primary amides is 1. The van der Waals surface area contributed by atoms with E-state index in [0.29, 0.717) is 0 Å². The number of anilines is 1. The maximum Gasteiger partial charge on any atom is 0.243 e. The second-order valence-electron chi connectivity index (χ2n) is 5.78. The van der Waals surface area contributed by atoms with Crippen LogP contribution in [0.3, 0.4) is 0 Å². The molecule has 1 saturated heterocycles. The predicted octanol–water partition coefficient (Wildman–Crippen LogP) is 2.14. The third-order valence-corrected chi connectivity index (χ3v) is 4.12. The number of benzene rings is 1. The first-order valence-corrected chi connectivity index (χ1v) is 7.43. The van der Waals surface area contributed by atoms with E-state index in [2.05, 4.69) is 23.2 Å². The zero-order valence-electron chi connectivity index (χ0n) is 12.5. The summed E-state index contributed by atoms with van der Waals surface area (Å²) in [5, 5.41) is 3.40. The van der Waals surface area contributed by atoms with E-state index >= 15 is 0 Å². The molecular formula is C16H25N3O. The minimum atomic E-state index is -0.599. The van der Waals surface area contributed by atoms with Gasteiger partial charge in [0.1, 0.15) is 5.54 Å². The minimum Gasteiger partial charge on any atom is -0.371 e. The Morgan fingerprint density at radius 3 is 2.65 bits per heavy atom. The van der Waals surface area contributed by atoms with Crippen molar-refractivity contribution in [3.8, 4) is 0 Å². The van der Waals surface area contributed by atoms with Gasteiger partial charge in [0.05, 0.1) is 0 Å². The number of nitrogens with two attached hydrogens (primary N) is 1. The van der Waals surface area contributed by atoms with E-state index in [4.69, 9.17) is 5.73 Å².